The summed E-state index contributed by atoms with van der Waals surface area (Å²) in [5, 5.41) is 42.6. The van der Waals surface area contributed by atoms with Crippen molar-refractivity contribution in [3.63, 3.8) is 0 Å². The molecule has 0 heterocycles. The van der Waals surface area contributed by atoms with Gasteiger partial charge in [-0.25, -0.2) is 4.79 Å². The summed E-state index contributed by atoms with van der Waals surface area (Å²) in [6.45, 7) is 4.21. The van der Waals surface area contributed by atoms with E-state index in [1.807, 2.05) is 5.32 Å². The summed E-state index contributed by atoms with van der Waals surface area (Å²) >= 11 is 0. The van der Waals surface area contributed by atoms with Crippen molar-refractivity contribution in [1.82, 2.24) is 16.0 Å². The number of hydrogen-bond acceptors (Lipinski definition) is 8. The predicted octanol–water partition coefficient (Wildman–Crippen LogP) is -3.16. The zero-order chi connectivity index (χ0) is 24.5. The first-order valence-electron chi connectivity index (χ1n) is 9.18. The lowest BCUT2D eigenvalue weighted by Crippen LogP contribution is -2.61. The van der Waals surface area contributed by atoms with Gasteiger partial charge in [-0.15, -0.1) is 0 Å². The highest BCUT2D eigenvalue weighted by Gasteiger charge is 2.34. The average molecular weight is 448 g/mol. The zero-order valence-corrected chi connectivity index (χ0v) is 17.2. The molecule has 3 amide bonds. The molecular formula is C17H28N4O10. The van der Waals surface area contributed by atoms with Gasteiger partial charge in [0.25, 0.3) is 0 Å². The molecule has 176 valence electrons. The van der Waals surface area contributed by atoms with Gasteiger partial charge in [0.05, 0.1) is 25.0 Å². The van der Waals surface area contributed by atoms with E-state index in [1.54, 1.807) is 0 Å². The Hall–Kier alpha value is -3.26. The van der Waals surface area contributed by atoms with E-state index >= 15 is 0 Å². The number of rotatable bonds is 13. The minimum Gasteiger partial charge on any atom is -0.481 e. The Kier molecular flexibility index (Phi) is 11.1. The van der Waals surface area contributed by atoms with Gasteiger partial charge in [0.1, 0.15) is 18.1 Å². The van der Waals surface area contributed by atoms with Crippen LogP contribution in [0.5, 0.6) is 0 Å². The lowest BCUT2D eigenvalue weighted by Gasteiger charge is -2.27. The summed E-state index contributed by atoms with van der Waals surface area (Å²) in [5.74, 6) is -8.02. The number of aliphatic carboxylic acids is 3. The fourth-order valence-corrected chi connectivity index (χ4v) is 2.36. The molecule has 0 fully saturated rings. The maximum Gasteiger partial charge on any atom is 0.326 e. The molecular weight excluding hydrogens is 420 g/mol. The first-order valence-corrected chi connectivity index (χ1v) is 9.18. The summed E-state index contributed by atoms with van der Waals surface area (Å²) in [7, 11) is 0. The molecule has 31 heavy (non-hydrogen) atoms. The summed E-state index contributed by atoms with van der Waals surface area (Å²) in [6.07, 6.45) is -3.13. The van der Waals surface area contributed by atoms with E-state index in [9.17, 15) is 33.9 Å². The quantitative estimate of drug-likeness (QED) is 0.140. The van der Waals surface area contributed by atoms with Crippen LogP contribution in [0.4, 0.5) is 0 Å². The molecule has 0 aromatic rings. The van der Waals surface area contributed by atoms with Crippen molar-refractivity contribution in [2.24, 2.45) is 11.7 Å². The zero-order valence-electron chi connectivity index (χ0n) is 17.2. The maximum atomic E-state index is 12.6. The standard InChI is InChI=1S/C17H28N4O10/c1-6(2)12(20-14(27)8(18)4-10(23)24)15(28)21-13(7(3)22)16(29)19-9(17(30)31)5-11(25)26/h6-9,12-13,22H,4-5,18H2,1-3H3,(H,19,29)(H,20,27)(H,21,28)(H,23,24)(H,25,26)(H,30,31). The minimum absolute atomic E-state index is 0.544. The van der Waals surface area contributed by atoms with E-state index in [1.165, 1.54) is 13.8 Å². The van der Waals surface area contributed by atoms with Crippen LogP contribution in [0.25, 0.3) is 0 Å². The van der Waals surface area contributed by atoms with E-state index in [0.29, 0.717) is 0 Å². The third kappa shape index (κ3) is 9.86. The highest BCUT2D eigenvalue weighted by atomic mass is 16.4. The number of nitrogens with two attached hydrogens (primary N) is 1. The van der Waals surface area contributed by atoms with E-state index in [-0.39, 0.29) is 0 Å². The second-order valence-electron chi connectivity index (χ2n) is 7.16. The Morgan fingerprint density at radius 3 is 1.58 bits per heavy atom. The molecule has 5 unspecified atom stereocenters. The van der Waals surface area contributed by atoms with Gasteiger partial charge in [-0.1, -0.05) is 13.8 Å². The molecule has 0 radical (unpaired) electrons. The van der Waals surface area contributed by atoms with Crippen molar-refractivity contribution >= 4 is 35.6 Å². The number of nitrogens with one attached hydrogen (secondary N) is 3. The van der Waals surface area contributed by atoms with Crippen molar-refractivity contribution in [2.75, 3.05) is 0 Å². The lowest BCUT2D eigenvalue weighted by atomic mass is 10.0. The highest BCUT2D eigenvalue weighted by Crippen LogP contribution is 2.06. The minimum atomic E-state index is -1.81. The van der Waals surface area contributed by atoms with Crippen LogP contribution >= 0.6 is 0 Å². The molecule has 0 rings (SSSR count). The van der Waals surface area contributed by atoms with Crippen LogP contribution in [0, 0.1) is 5.92 Å². The number of carbonyl (C=O) groups excluding carboxylic acids is 3. The van der Waals surface area contributed by atoms with E-state index in [2.05, 4.69) is 10.6 Å². The van der Waals surface area contributed by atoms with Crippen LogP contribution in [-0.2, 0) is 28.8 Å². The van der Waals surface area contributed by atoms with Gasteiger partial charge >= 0.3 is 17.9 Å². The van der Waals surface area contributed by atoms with Crippen molar-refractivity contribution in [3.05, 3.63) is 0 Å². The van der Waals surface area contributed by atoms with Crippen LogP contribution in [0.1, 0.15) is 33.6 Å². The number of carboxylic acid groups (broad SMARTS) is 3. The number of carboxylic acids is 3. The SMILES string of the molecule is CC(C)C(NC(=O)C(N)CC(=O)O)C(=O)NC(C(=O)NC(CC(=O)O)C(=O)O)C(C)O. The largest absolute Gasteiger partial charge is 0.481 e. The van der Waals surface area contributed by atoms with Crippen molar-refractivity contribution < 1.29 is 49.2 Å². The summed E-state index contributed by atoms with van der Waals surface area (Å²) in [4.78, 5) is 69.5. The molecule has 14 nitrogen and oxygen atoms in total. The molecule has 9 N–H and O–H groups in total. The van der Waals surface area contributed by atoms with Crippen LogP contribution in [0.2, 0.25) is 0 Å². The van der Waals surface area contributed by atoms with Crippen LogP contribution < -0.4 is 21.7 Å². The Balaban J connectivity index is 5.38. The van der Waals surface area contributed by atoms with E-state index < -0.39 is 84.7 Å². The lowest BCUT2D eigenvalue weighted by molar-refractivity contribution is -0.148. The molecule has 0 aliphatic rings. The normalized spacial score (nSPS) is 15.7. The third-order valence-electron chi connectivity index (χ3n) is 4.03. The molecule has 0 aliphatic carbocycles. The van der Waals surface area contributed by atoms with Gasteiger partial charge < -0.3 is 42.1 Å². The van der Waals surface area contributed by atoms with Gasteiger partial charge in [-0.3, -0.25) is 24.0 Å². The Bertz CT molecular complexity index is 709. The molecule has 0 saturated carbocycles. The topological polar surface area (TPSA) is 245 Å². The Morgan fingerprint density at radius 1 is 0.742 bits per heavy atom. The van der Waals surface area contributed by atoms with E-state index in [4.69, 9.17) is 21.1 Å². The predicted molar refractivity (Wildman–Crippen MR) is 102 cm³/mol. The van der Waals surface area contributed by atoms with Gasteiger partial charge in [-0.2, -0.15) is 0 Å². The van der Waals surface area contributed by atoms with Crippen LogP contribution in [-0.4, -0.2) is 86.3 Å². The summed E-state index contributed by atoms with van der Waals surface area (Å²) < 4.78 is 0. The van der Waals surface area contributed by atoms with Crippen molar-refractivity contribution in [2.45, 2.75) is 63.9 Å². The van der Waals surface area contributed by atoms with Crippen molar-refractivity contribution in [3.8, 4) is 0 Å². The highest BCUT2D eigenvalue weighted by molar-refractivity contribution is 5.95. The number of aliphatic hydroxyl groups is 1. The fourth-order valence-electron chi connectivity index (χ4n) is 2.36. The number of carbonyl (C=O) groups is 6. The summed E-state index contributed by atoms with van der Waals surface area (Å²) in [5.41, 5.74) is 5.46. The maximum absolute atomic E-state index is 12.6. The van der Waals surface area contributed by atoms with Crippen LogP contribution in [0.3, 0.4) is 0 Å². The smallest absolute Gasteiger partial charge is 0.326 e. The number of hydrogen-bond donors (Lipinski definition) is 8. The second kappa shape index (κ2) is 12.4. The van der Waals surface area contributed by atoms with E-state index in [0.717, 1.165) is 6.92 Å². The molecule has 0 spiro atoms. The molecule has 0 aromatic carbocycles. The number of amides is 3. The first kappa shape index (κ1) is 27.7. The molecule has 0 bridgehead atoms. The Labute approximate surface area is 177 Å². The van der Waals surface area contributed by atoms with Crippen molar-refractivity contribution in [1.29, 1.82) is 0 Å². The summed E-state index contributed by atoms with van der Waals surface area (Å²) in [6, 6.07) is -6.18. The average Bonchev–Trinajstić information content (AvgIpc) is 2.61. The molecule has 0 aromatic heterocycles. The fraction of sp³-hybridized carbons (Fsp3) is 0.647. The molecule has 0 aliphatic heterocycles. The monoisotopic (exact) mass is 448 g/mol. The first-order chi connectivity index (χ1) is 14.2. The van der Waals surface area contributed by atoms with Gasteiger partial charge in [0.15, 0.2) is 0 Å². The molecule has 5 atom stereocenters. The van der Waals surface area contributed by atoms with Crippen LogP contribution in [0.15, 0.2) is 0 Å². The Morgan fingerprint density at radius 2 is 1.19 bits per heavy atom. The molecule has 0 saturated heterocycles. The second-order valence-corrected chi connectivity index (χ2v) is 7.16. The molecule has 14 heteroatoms. The third-order valence-corrected chi connectivity index (χ3v) is 4.03. The van der Waals surface area contributed by atoms with Gasteiger partial charge in [0, 0.05) is 0 Å². The number of aliphatic hydroxyl groups excluding tert-OH is 1. The van der Waals surface area contributed by atoms with Gasteiger partial charge in [-0.05, 0) is 12.8 Å². The van der Waals surface area contributed by atoms with Gasteiger partial charge in [0.2, 0.25) is 17.7 Å².